The van der Waals surface area contributed by atoms with E-state index in [-0.39, 0.29) is 28.0 Å². The van der Waals surface area contributed by atoms with Crippen LogP contribution >= 0.6 is 0 Å². The van der Waals surface area contributed by atoms with Gasteiger partial charge in [-0.15, -0.1) is 0 Å². The molecule has 1 fully saturated rings. The zero-order valence-corrected chi connectivity index (χ0v) is 9.73. The number of nitrogens with two attached hydrogens (primary N) is 1. The van der Waals surface area contributed by atoms with E-state index in [2.05, 4.69) is 13.8 Å². The van der Waals surface area contributed by atoms with Crippen LogP contribution in [0.15, 0.2) is 18.2 Å². The zero-order valence-electron chi connectivity index (χ0n) is 9.73. The van der Waals surface area contributed by atoms with Crippen molar-refractivity contribution in [3.05, 3.63) is 39.4 Å². The van der Waals surface area contributed by atoms with E-state index in [1.54, 1.807) is 18.2 Å². The molecule has 0 radical (unpaired) electrons. The Morgan fingerprint density at radius 1 is 1.44 bits per heavy atom. The summed E-state index contributed by atoms with van der Waals surface area (Å²) >= 11 is 0. The number of non-ortho nitro benzene ring substituents is 1. The van der Waals surface area contributed by atoms with E-state index in [9.17, 15) is 10.1 Å². The van der Waals surface area contributed by atoms with Crippen molar-refractivity contribution in [3.8, 4) is 0 Å². The Hall–Kier alpha value is -1.42. The van der Waals surface area contributed by atoms with E-state index in [4.69, 9.17) is 5.73 Å². The largest absolute Gasteiger partial charge is 0.327 e. The normalized spacial score (nSPS) is 26.5. The molecule has 0 amide bonds. The fourth-order valence-corrected chi connectivity index (χ4v) is 2.35. The summed E-state index contributed by atoms with van der Waals surface area (Å²) in [5, 5.41) is 10.7. The monoisotopic (exact) mass is 220 g/mol. The van der Waals surface area contributed by atoms with Crippen LogP contribution in [0, 0.1) is 22.5 Å². The molecule has 2 N–H and O–H groups in total. The molecule has 1 saturated carbocycles. The molecule has 1 aliphatic carbocycles. The van der Waals surface area contributed by atoms with Crippen molar-refractivity contribution in [2.75, 3.05) is 0 Å². The van der Waals surface area contributed by atoms with Gasteiger partial charge in [-0.2, -0.15) is 0 Å². The second-order valence-electron chi connectivity index (χ2n) is 5.12. The fourth-order valence-electron chi connectivity index (χ4n) is 2.35. The van der Waals surface area contributed by atoms with Gasteiger partial charge in [-0.05, 0) is 23.5 Å². The van der Waals surface area contributed by atoms with Crippen molar-refractivity contribution in [2.24, 2.45) is 11.1 Å². The fraction of sp³-hybridized carbons (Fsp3) is 0.500. The first-order valence-electron chi connectivity index (χ1n) is 5.36. The number of nitro groups is 1. The maximum Gasteiger partial charge on any atom is 0.269 e. The van der Waals surface area contributed by atoms with Crippen molar-refractivity contribution in [1.82, 2.24) is 0 Å². The Labute approximate surface area is 94.6 Å². The first kappa shape index (κ1) is 11.1. The second kappa shape index (κ2) is 3.28. The standard InChI is InChI=1S/C12H16N2O2/c1-7-4-5-8(14(15)16)6-9(7)10-11(13)12(10,2)3/h4-6,10-11H,13H2,1-3H3. The van der Waals surface area contributed by atoms with Crippen molar-refractivity contribution >= 4 is 5.69 Å². The molecule has 0 bridgehead atoms. The molecular formula is C12H16N2O2. The molecule has 2 unspecified atom stereocenters. The predicted octanol–water partition coefficient (Wildman–Crippen LogP) is 2.35. The Bertz CT molecular complexity index is 454. The maximum absolute atomic E-state index is 10.7. The highest BCUT2D eigenvalue weighted by Gasteiger charge is 2.56. The lowest BCUT2D eigenvalue weighted by molar-refractivity contribution is -0.384. The van der Waals surface area contributed by atoms with Gasteiger partial charge in [0.1, 0.15) is 0 Å². The summed E-state index contributed by atoms with van der Waals surface area (Å²) in [6.07, 6.45) is 0. The van der Waals surface area contributed by atoms with E-state index < -0.39 is 0 Å². The summed E-state index contributed by atoms with van der Waals surface area (Å²) in [4.78, 5) is 10.4. The van der Waals surface area contributed by atoms with Crippen LogP contribution in [-0.2, 0) is 0 Å². The van der Waals surface area contributed by atoms with Crippen molar-refractivity contribution in [2.45, 2.75) is 32.7 Å². The van der Waals surface area contributed by atoms with Crippen molar-refractivity contribution in [3.63, 3.8) is 0 Å². The van der Waals surface area contributed by atoms with Gasteiger partial charge in [-0.3, -0.25) is 10.1 Å². The Morgan fingerprint density at radius 2 is 2.00 bits per heavy atom. The molecular weight excluding hydrogens is 204 g/mol. The van der Waals surface area contributed by atoms with Gasteiger partial charge in [0, 0.05) is 24.1 Å². The third-order valence-corrected chi connectivity index (χ3v) is 3.72. The molecule has 86 valence electrons. The van der Waals surface area contributed by atoms with Crippen molar-refractivity contribution in [1.29, 1.82) is 0 Å². The summed E-state index contributed by atoms with van der Waals surface area (Å²) < 4.78 is 0. The van der Waals surface area contributed by atoms with E-state index in [1.807, 2.05) is 6.92 Å². The van der Waals surface area contributed by atoms with E-state index in [0.717, 1.165) is 11.1 Å². The summed E-state index contributed by atoms with van der Waals surface area (Å²) in [6.45, 7) is 6.17. The number of rotatable bonds is 2. The van der Waals surface area contributed by atoms with E-state index >= 15 is 0 Å². The van der Waals surface area contributed by atoms with Crippen LogP contribution in [0.3, 0.4) is 0 Å². The molecule has 1 aromatic rings. The Kier molecular flexibility index (Phi) is 2.27. The van der Waals surface area contributed by atoms with Crippen LogP contribution in [0.1, 0.15) is 30.9 Å². The van der Waals surface area contributed by atoms with E-state index in [0.29, 0.717) is 0 Å². The average molecular weight is 220 g/mol. The molecule has 4 heteroatoms. The number of nitrogens with zero attached hydrogens (tertiary/aromatic N) is 1. The number of hydrogen-bond acceptors (Lipinski definition) is 3. The lowest BCUT2D eigenvalue weighted by atomic mass is 9.98. The summed E-state index contributed by atoms with van der Waals surface area (Å²) in [5.74, 6) is 0.243. The topological polar surface area (TPSA) is 69.2 Å². The van der Waals surface area contributed by atoms with Crippen LogP contribution in [0.25, 0.3) is 0 Å². The number of benzene rings is 1. The maximum atomic E-state index is 10.7. The molecule has 0 heterocycles. The smallest absolute Gasteiger partial charge is 0.269 e. The minimum atomic E-state index is -0.357. The predicted molar refractivity (Wildman–Crippen MR) is 62.3 cm³/mol. The lowest BCUT2D eigenvalue weighted by Crippen LogP contribution is -2.06. The molecule has 4 nitrogen and oxygen atoms in total. The minimum absolute atomic E-state index is 0.0555. The van der Waals surface area contributed by atoms with E-state index in [1.165, 1.54) is 0 Å². The van der Waals surface area contributed by atoms with Gasteiger partial charge in [0.05, 0.1) is 4.92 Å². The zero-order chi connectivity index (χ0) is 12.1. The van der Waals surface area contributed by atoms with Gasteiger partial charge >= 0.3 is 0 Å². The van der Waals surface area contributed by atoms with Gasteiger partial charge in [0.2, 0.25) is 0 Å². The third kappa shape index (κ3) is 1.50. The molecule has 0 aliphatic heterocycles. The molecule has 2 atom stereocenters. The van der Waals surface area contributed by atoms with Crippen LogP contribution in [0.2, 0.25) is 0 Å². The van der Waals surface area contributed by atoms with Crippen molar-refractivity contribution < 1.29 is 4.92 Å². The second-order valence-corrected chi connectivity index (χ2v) is 5.12. The summed E-state index contributed by atoms with van der Waals surface area (Å²) in [6, 6.07) is 5.11. The molecule has 2 rings (SSSR count). The first-order chi connectivity index (χ1) is 7.35. The molecule has 0 aromatic heterocycles. The van der Waals surface area contributed by atoms with Crippen LogP contribution in [0.5, 0.6) is 0 Å². The lowest BCUT2D eigenvalue weighted by Gasteiger charge is -2.06. The summed E-state index contributed by atoms with van der Waals surface area (Å²) in [5.41, 5.74) is 8.31. The Balaban J connectivity index is 2.42. The van der Waals surface area contributed by atoms with Crippen LogP contribution < -0.4 is 5.73 Å². The molecule has 1 aliphatic rings. The van der Waals surface area contributed by atoms with Crippen LogP contribution in [-0.4, -0.2) is 11.0 Å². The van der Waals surface area contributed by atoms with Crippen LogP contribution in [0.4, 0.5) is 5.69 Å². The highest BCUT2D eigenvalue weighted by molar-refractivity contribution is 5.46. The van der Waals surface area contributed by atoms with Gasteiger partial charge < -0.3 is 5.73 Å². The number of aryl methyl sites for hydroxylation is 1. The summed E-state index contributed by atoms with van der Waals surface area (Å²) in [7, 11) is 0. The molecule has 0 saturated heterocycles. The molecule has 1 aromatic carbocycles. The minimum Gasteiger partial charge on any atom is -0.327 e. The highest BCUT2D eigenvalue weighted by atomic mass is 16.6. The first-order valence-corrected chi connectivity index (χ1v) is 5.36. The molecule has 16 heavy (non-hydrogen) atoms. The number of nitro benzene ring substituents is 1. The highest BCUT2D eigenvalue weighted by Crippen LogP contribution is 2.58. The van der Waals surface area contributed by atoms with Gasteiger partial charge in [-0.25, -0.2) is 0 Å². The Morgan fingerprint density at radius 3 is 2.44 bits per heavy atom. The average Bonchev–Trinajstić information content (AvgIpc) is 2.67. The quantitative estimate of drug-likeness (QED) is 0.614. The molecule has 0 spiro atoms. The number of hydrogen-bond donors (Lipinski definition) is 1. The van der Waals surface area contributed by atoms with Gasteiger partial charge in [-0.1, -0.05) is 19.9 Å². The third-order valence-electron chi connectivity index (χ3n) is 3.72. The van der Waals surface area contributed by atoms with Gasteiger partial charge in [0.25, 0.3) is 5.69 Å². The van der Waals surface area contributed by atoms with Gasteiger partial charge in [0.15, 0.2) is 0 Å². The SMILES string of the molecule is Cc1ccc([N+](=O)[O-])cc1C1C(N)C1(C)C.